The van der Waals surface area contributed by atoms with Gasteiger partial charge in [-0.15, -0.1) is 6.42 Å². The minimum atomic E-state index is -0.377. The largest absolute Gasteiger partial charge is 0.447 e. The summed E-state index contributed by atoms with van der Waals surface area (Å²) in [6.07, 6.45) is 6.53. The Bertz CT molecular complexity index is 538. The van der Waals surface area contributed by atoms with Crippen LogP contribution in [0.5, 0.6) is 0 Å². The van der Waals surface area contributed by atoms with E-state index < -0.39 is 0 Å². The van der Waals surface area contributed by atoms with Gasteiger partial charge in [-0.2, -0.15) is 4.98 Å². The summed E-state index contributed by atoms with van der Waals surface area (Å²) in [5.41, 5.74) is 0. The van der Waals surface area contributed by atoms with Gasteiger partial charge in [-0.25, -0.2) is 9.78 Å². The minimum absolute atomic E-state index is 0.0182. The van der Waals surface area contributed by atoms with Crippen LogP contribution < -0.4 is 10.2 Å². The van der Waals surface area contributed by atoms with Gasteiger partial charge in [0.1, 0.15) is 12.4 Å². The summed E-state index contributed by atoms with van der Waals surface area (Å²) in [5.74, 6) is 3.74. The summed E-state index contributed by atoms with van der Waals surface area (Å²) in [6.45, 7) is 6.29. The Hall–Kier alpha value is -2.29. The van der Waals surface area contributed by atoms with Crippen molar-refractivity contribution in [2.24, 2.45) is 5.92 Å². The molecular formula is C14H18N4O2. The Morgan fingerprint density at radius 2 is 2.30 bits per heavy atom. The van der Waals surface area contributed by atoms with Crippen LogP contribution in [0, 0.1) is 18.3 Å². The summed E-state index contributed by atoms with van der Waals surface area (Å²) >= 11 is 0. The number of amides is 1. The molecule has 6 nitrogen and oxygen atoms in total. The predicted octanol–water partition coefficient (Wildman–Crippen LogP) is 1.89. The van der Waals surface area contributed by atoms with Crippen molar-refractivity contribution in [3.05, 3.63) is 12.3 Å². The molecule has 0 spiro atoms. The standard InChI is InChI=1S/C14H18N4O2/c1-5-10(4)16-13-15-7-6-12(17-13)18-11(9(2)3)8-20-14(18)19/h1,6-7,9-11H,8H2,2-4H3,(H,15,16,17)/t10-,11+/m0/s1. The number of carbonyl (C=O) groups is 1. The van der Waals surface area contributed by atoms with E-state index >= 15 is 0 Å². The Balaban J connectivity index is 2.26. The molecule has 0 unspecified atom stereocenters. The summed E-state index contributed by atoms with van der Waals surface area (Å²) < 4.78 is 5.11. The topological polar surface area (TPSA) is 67.4 Å². The van der Waals surface area contributed by atoms with Gasteiger partial charge in [-0.3, -0.25) is 4.90 Å². The molecule has 1 aromatic heterocycles. The van der Waals surface area contributed by atoms with E-state index in [0.717, 1.165) is 0 Å². The molecule has 6 heteroatoms. The lowest BCUT2D eigenvalue weighted by molar-refractivity contribution is 0.177. The van der Waals surface area contributed by atoms with Gasteiger partial charge in [0, 0.05) is 6.20 Å². The maximum absolute atomic E-state index is 11.9. The molecule has 0 saturated carbocycles. The van der Waals surface area contributed by atoms with Gasteiger partial charge in [0.2, 0.25) is 5.95 Å². The van der Waals surface area contributed by atoms with Crippen molar-refractivity contribution >= 4 is 17.9 Å². The van der Waals surface area contributed by atoms with Crippen LogP contribution in [0.2, 0.25) is 0 Å². The number of hydrogen-bond acceptors (Lipinski definition) is 5. The van der Waals surface area contributed by atoms with Crippen LogP contribution in [0.25, 0.3) is 0 Å². The van der Waals surface area contributed by atoms with Gasteiger partial charge in [0.05, 0.1) is 12.1 Å². The summed E-state index contributed by atoms with van der Waals surface area (Å²) in [7, 11) is 0. The summed E-state index contributed by atoms with van der Waals surface area (Å²) in [5, 5.41) is 2.98. The SMILES string of the molecule is C#C[C@H](C)Nc1nccc(N2C(=O)OC[C@@H]2C(C)C)n1. The van der Waals surface area contributed by atoms with Gasteiger partial charge in [-0.1, -0.05) is 19.8 Å². The molecule has 20 heavy (non-hydrogen) atoms. The highest BCUT2D eigenvalue weighted by Gasteiger charge is 2.37. The Kier molecular flexibility index (Phi) is 4.08. The normalized spacial score (nSPS) is 19.6. The fourth-order valence-corrected chi connectivity index (χ4v) is 1.98. The minimum Gasteiger partial charge on any atom is -0.447 e. The quantitative estimate of drug-likeness (QED) is 0.849. The number of terminal acetylenes is 1. The first-order valence-electron chi connectivity index (χ1n) is 6.54. The molecule has 2 heterocycles. The van der Waals surface area contributed by atoms with Crippen LogP contribution in [0.4, 0.5) is 16.6 Å². The van der Waals surface area contributed by atoms with Crippen LogP contribution in [0.15, 0.2) is 12.3 Å². The third-order valence-electron chi connectivity index (χ3n) is 3.16. The van der Waals surface area contributed by atoms with Gasteiger partial charge < -0.3 is 10.1 Å². The van der Waals surface area contributed by atoms with E-state index in [1.165, 1.54) is 0 Å². The molecule has 1 amide bonds. The molecule has 0 aromatic carbocycles. The number of anilines is 2. The maximum Gasteiger partial charge on any atom is 0.415 e. The Morgan fingerprint density at radius 3 is 2.95 bits per heavy atom. The molecule has 2 rings (SSSR count). The third kappa shape index (κ3) is 2.82. The highest BCUT2D eigenvalue weighted by molar-refractivity contribution is 5.89. The second kappa shape index (κ2) is 5.78. The number of carbonyl (C=O) groups excluding carboxylic acids is 1. The van der Waals surface area contributed by atoms with Crippen molar-refractivity contribution in [3.63, 3.8) is 0 Å². The second-order valence-corrected chi connectivity index (χ2v) is 5.03. The number of aromatic nitrogens is 2. The monoisotopic (exact) mass is 274 g/mol. The zero-order valence-corrected chi connectivity index (χ0v) is 11.8. The van der Waals surface area contributed by atoms with Crippen molar-refractivity contribution < 1.29 is 9.53 Å². The van der Waals surface area contributed by atoms with Gasteiger partial charge >= 0.3 is 6.09 Å². The first-order valence-corrected chi connectivity index (χ1v) is 6.54. The van der Waals surface area contributed by atoms with E-state index in [1.54, 1.807) is 17.2 Å². The summed E-state index contributed by atoms with van der Waals surface area (Å²) in [4.78, 5) is 21.9. The molecule has 1 aliphatic rings. The van der Waals surface area contributed by atoms with E-state index in [-0.39, 0.29) is 24.1 Å². The van der Waals surface area contributed by atoms with Crippen molar-refractivity contribution in [2.75, 3.05) is 16.8 Å². The molecule has 0 aliphatic carbocycles. The van der Waals surface area contributed by atoms with Crippen molar-refractivity contribution in [3.8, 4) is 12.3 Å². The number of rotatable bonds is 4. The highest BCUT2D eigenvalue weighted by atomic mass is 16.6. The van der Waals surface area contributed by atoms with Gasteiger partial charge in [-0.05, 0) is 18.9 Å². The zero-order chi connectivity index (χ0) is 14.7. The lowest BCUT2D eigenvalue weighted by atomic mass is 10.0. The van der Waals surface area contributed by atoms with Crippen LogP contribution in [0.1, 0.15) is 20.8 Å². The molecule has 1 fully saturated rings. The Morgan fingerprint density at radius 1 is 1.55 bits per heavy atom. The average Bonchev–Trinajstić information content (AvgIpc) is 2.81. The smallest absolute Gasteiger partial charge is 0.415 e. The number of hydrogen-bond donors (Lipinski definition) is 1. The van der Waals surface area contributed by atoms with E-state index in [9.17, 15) is 4.79 Å². The number of cyclic esters (lactones) is 1. The fourth-order valence-electron chi connectivity index (χ4n) is 1.98. The highest BCUT2D eigenvalue weighted by Crippen LogP contribution is 2.25. The maximum atomic E-state index is 11.9. The average molecular weight is 274 g/mol. The first-order chi connectivity index (χ1) is 9.52. The lowest BCUT2D eigenvalue weighted by Gasteiger charge is -2.23. The molecule has 0 radical (unpaired) electrons. The van der Waals surface area contributed by atoms with Crippen LogP contribution in [0.3, 0.4) is 0 Å². The van der Waals surface area contributed by atoms with Crippen molar-refractivity contribution in [1.82, 2.24) is 9.97 Å². The summed E-state index contributed by atoms with van der Waals surface area (Å²) in [6, 6.07) is 1.49. The molecule has 1 saturated heterocycles. The molecular weight excluding hydrogens is 256 g/mol. The zero-order valence-electron chi connectivity index (χ0n) is 11.8. The van der Waals surface area contributed by atoms with Crippen molar-refractivity contribution in [2.45, 2.75) is 32.9 Å². The molecule has 1 aromatic rings. The van der Waals surface area contributed by atoms with Gasteiger partial charge in [0.15, 0.2) is 0 Å². The van der Waals surface area contributed by atoms with E-state index in [4.69, 9.17) is 11.2 Å². The lowest BCUT2D eigenvalue weighted by Crippen LogP contribution is -2.37. The van der Waals surface area contributed by atoms with Crippen LogP contribution >= 0.6 is 0 Å². The predicted molar refractivity (Wildman–Crippen MR) is 76.4 cm³/mol. The van der Waals surface area contributed by atoms with E-state index in [2.05, 4.69) is 21.2 Å². The number of nitrogens with zero attached hydrogens (tertiary/aromatic N) is 3. The number of nitrogens with one attached hydrogen (secondary N) is 1. The van der Waals surface area contributed by atoms with Gasteiger partial charge in [0.25, 0.3) is 0 Å². The molecule has 106 valence electrons. The number of ether oxygens (including phenoxy) is 1. The second-order valence-electron chi connectivity index (χ2n) is 5.03. The molecule has 2 atom stereocenters. The first kappa shape index (κ1) is 14.1. The molecule has 1 N–H and O–H groups in total. The van der Waals surface area contributed by atoms with E-state index in [1.807, 2.05) is 20.8 Å². The molecule has 0 bridgehead atoms. The fraction of sp³-hybridized carbons (Fsp3) is 0.500. The van der Waals surface area contributed by atoms with Crippen LogP contribution in [-0.2, 0) is 4.74 Å². The van der Waals surface area contributed by atoms with E-state index in [0.29, 0.717) is 18.4 Å². The molecule has 1 aliphatic heterocycles. The third-order valence-corrected chi connectivity index (χ3v) is 3.16. The van der Waals surface area contributed by atoms with Crippen molar-refractivity contribution in [1.29, 1.82) is 0 Å². The van der Waals surface area contributed by atoms with Crippen LogP contribution in [-0.4, -0.2) is 34.8 Å². The Labute approximate surface area is 118 Å².